The Balaban J connectivity index is 2.65. The van der Waals surface area contributed by atoms with Gasteiger partial charge in [-0.15, -0.1) is 0 Å². The molecule has 0 fully saturated rings. The highest BCUT2D eigenvalue weighted by Gasteiger charge is 2.28. The van der Waals surface area contributed by atoms with Gasteiger partial charge in [0.05, 0.1) is 10.2 Å². The molecule has 0 radical (unpaired) electrons. The lowest BCUT2D eigenvalue weighted by molar-refractivity contribution is -0.387. The molecule has 6 nitrogen and oxygen atoms in total. The van der Waals surface area contributed by atoms with Crippen LogP contribution in [0.2, 0.25) is 0 Å². The van der Waals surface area contributed by atoms with E-state index in [1.165, 1.54) is 26.0 Å². The summed E-state index contributed by atoms with van der Waals surface area (Å²) < 4.78 is 24.5. The number of nitrogens with zero attached hydrogens (tertiary/aromatic N) is 1. The van der Waals surface area contributed by atoms with Crippen LogP contribution in [-0.2, 0) is 9.84 Å². The predicted molar refractivity (Wildman–Crippen MR) is 85.3 cm³/mol. The van der Waals surface area contributed by atoms with Crippen LogP contribution in [0.1, 0.15) is 13.8 Å². The van der Waals surface area contributed by atoms with Crippen molar-refractivity contribution in [2.75, 3.05) is 5.73 Å². The minimum atomic E-state index is -3.73. The van der Waals surface area contributed by atoms with Gasteiger partial charge in [0.15, 0.2) is 9.84 Å². The van der Waals surface area contributed by atoms with Gasteiger partial charge in [0.25, 0.3) is 5.69 Å². The highest BCUT2D eigenvalue weighted by atomic mass is 32.2. The molecule has 2 N–H and O–H groups in total. The van der Waals surface area contributed by atoms with E-state index in [1.54, 1.807) is 30.3 Å². The zero-order valence-electron chi connectivity index (χ0n) is 12.2. The fourth-order valence-corrected chi connectivity index (χ4v) is 3.24. The Morgan fingerprint density at radius 3 is 2.27 bits per heavy atom. The van der Waals surface area contributed by atoms with E-state index in [-0.39, 0.29) is 4.90 Å². The molecule has 2 aromatic rings. The molecule has 0 saturated heterocycles. The van der Waals surface area contributed by atoms with Crippen molar-refractivity contribution in [1.82, 2.24) is 0 Å². The van der Waals surface area contributed by atoms with E-state index < -0.39 is 25.7 Å². The highest BCUT2D eigenvalue weighted by Crippen LogP contribution is 2.32. The molecule has 7 heteroatoms. The summed E-state index contributed by atoms with van der Waals surface area (Å²) in [6, 6.07) is 11.0. The molecule has 0 aliphatic heterocycles. The van der Waals surface area contributed by atoms with Gasteiger partial charge in [-0.1, -0.05) is 18.2 Å². The van der Waals surface area contributed by atoms with Crippen LogP contribution in [0.3, 0.4) is 0 Å². The van der Waals surface area contributed by atoms with E-state index in [1.807, 2.05) is 0 Å². The Bertz CT molecular complexity index is 829. The van der Waals surface area contributed by atoms with Crippen LogP contribution >= 0.6 is 0 Å². The fourth-order valence-electron chi connectivity index (χ4n) is 2.05. The number of nitro benzene ring substituents is 1. The zero-order valence-corrected chi connectivity index (χ0v) is 13.0. The Labute approximate surface area is 128 Å². The molecule has 2 aromatic carbocycles. The summed E-state index contributed by atoms with van der Waals surface area (Å²) in [4.78, 5) is 10.3. The number of benzene rings is 2. The van der Waals surface area contributed by atoms with Crippen LogP contribution in [0.5, 0.6) is 0 Å². The summed E-state index contributed by atoms with van der Waals surface area (Å²) in [6.07, 6.45) is 0. The topological polar surface area (TPSA) is 103 Å². The number of rotatable bonds is 4. The largest absolute Gasteiger partial charge is 0.399 e. The minimum Gasteiger partial charge on any atom is -0.399 e. The third-order valence-electron chi connectivity index (χ3n) is 3.30. The third kappa shape index (κ3) is 2.94. The zero-order chi connectivity index (χ0) is 16.5. The molecule has 0 aromatic heterocycles. The monoisotopic (exact) mass is 320 g/mol. The maximum atomic E-state index is 12.2. The number of hydrogen-bond acceptors (Lipinski definition) is 5. The molecule has 0 spiro atoms. The fraction of sp³-hybridized carbons (Fsp3) is 0.200. The van der Waals surface area contributed by atoms with E-state index in [4.69, 9.17) is 5.73 Å². The van der Waals surface area contributed by atoms with E-state index in [2.05, 4.69) is 0 Å². The van der Waals surface area contributed by atoms with Gasteiger partial charge in [-0.05, 0) is 43.2 Å². The molecule has 0 bridgehead atoms. The lowest BCUT2D eigenvalue weighted by atomic mass is 10.0. The normalized spacial score (nSPS) is 11.6. The second-order valence-electron chi connectivity index (χ2n) is 5.16. The molecule has 2 rings (SSSR count). The Morgan fingerprint density at radius 1 is 1.09 bits per heavy atom. The molecular weight excluding hydrogens is 304 g/mol. The molecule has 116 valence electrons. The van der Waals surface area contributed by atoms with E-state index in [9.17, 15) is 18.5 Å². The van der Waals surface area contributed by atoms with Crippen molar-refractivity contribution in [3.8, 4) is 11.1 Å². The highest BCUT2D eigenvalue weighted by molar-refractivity contribution is 7.92. The van der Waals surface area contributed by atoms with Crippen LogP contribution in [0, 0.1) is 10.1 Å². The van der Waals surface area contributed by atoms with Crippen LogP contribution in [-0.4, -0.2) is 18.6 Å². The van der Waals surface area contributed by atoms with Crippen molar-refractivity contribution >= 4 is 21.2 Å². The summed E-state index contributed by atoms with van der Waals surface area (Å²) >= 11 is 0. The molecule has 0 saturated carbocycles. The SMILES string of the molecule is CC(C)S(=O)(=O)c1ccc(-c2cccc(N)c2)cc1[N+](=O)[O-]. The minimum absolute atomic E-state index is 0.264. The number of sulfone groups is 1. The van der Waals surface area contributed by atoms with Gasteiger partial charge in [0.1, 0.15) is 4.90 Å². The Hall–Kier alpha value is -2.41. The Morgan fingerprint density at radius 2 is 1.73 bits per heavy atom. The number of hydrogen-bond donors (Lipinski definition) is 1. The smallest absolute Gasteiger partial charge is 0.288 e. The van der Waals surface area contributed by atoms with Crippen molar-refractivity contribution in [2.24, 2.45) is 0 Å². The third-order valence-corrected chi connectivity index (χ3v) is 5.50. The maximum absolute atomic E-state index is 12.2. The van der Waals surface area contributed by atoms with Crippen molar-refractivity contribution in [3.05, 3.63) is 52.6 Å². The number of nitrogen functional groups attached to an aromatic ring is 1. The second-order valence-corrected chi connectivity index (χ2v) is 7.63. The van der Waals surface area contributed by atoms with Crippen molar-refractivity contribution in [2.45, 2.75) is 24.0 Å². The Kier molecular flexibility index (Phi) is 4.18. The van der Waals surface area contributed by atoms with Gasteiger partial charge in [-0.25, -0.2) is 8.42 Å². The average Bonchev–Trinajstić information content (AvgIpc) is 2.46. The first kappa shape index (κ1) is 16.0. The summed E-state index contributed by atoms with van der Waals surface area (Å²) in [6.45, 7) is 2.98. The van der Waals surface area contributed by atoms with Crippen LogP contribution in [0.25, 0.3) is 11.1 Å². The molecule has 0 aliphatic carbocycles. The van der Waals surface area contributed by atoms with Crippen LogP contribution < -0.4 is 5.73 Å². The maximum Gasteiger partial charge on any atom is 0.288 e. The van der Waals surface area contributed by atoms with Gasteiger partial charge in [0, 0.05) is 11.8 Å². The molecule has 0 aliphatic rings. The lowest BCUT2D eigenvalue weighted by Crippen LogP contribution is -2.15. The van der Waals surface area contributed by atoms with Crippen molar-refractivity contribution in [3.63, 3.8) is 0 Å². The van der Waals surface area contributed by atoms with Crippen LogP contribution in [0.15, 0.2) is 47.4 Å². The van der Waals surface area contributed by atoms with Gasteiger partial charge in [0.2, 0.25) is 0 Å². The van der Waals surface area contributed by atoms with Crippen molar-refractivity contribution in [1.29, 1.82) is 0 Å². The quantitative estimate of drug-likeness (QED) is 0.530. The van der Waals surface area contributed by atoms with Crippen LogP contribution in [0.4, 0.5) is 11.4 Å². The molecule has 0 amide bonds. The van der Waals surface area contributed by atoms with E-state index in [0.29, 0.717) is 16.8 Å². The molecule has 0 atom stereocenters. The summed E-state index contributed by atoms with van der Waals surface area (Å²) in [5.74, 6) is 0. The molecule has 0 unspecified atom stereocenters. The summed E-state index contributed by atoms with van der Waals surface area (Å²) in [5.41, 5.74) is 7.04. The van der Waals surface area contributed by atoms with Gasteiger partial charge < -0.3 is 5.73 Å². The first-order valence-electron chi connectivity index (χ1n) is 6.61. The second kappa shape index (κ2) is 5.76. The van der Waals surface area contributed by atoms with Crippen molar-refractivity contribution < 1.29 is 13.3 Å². The summed E-state index contributed by atoms with van der Waals surface area (Å²) in [7, 11) is -3.73. The van der Waals surface area contributed by atoms with Gasteiger partial charge >= 0.3 is 0 Å². The molecule has 0 heterocycles. The van der Waals surface area contributed by atoms with Gasteiger partial charge in [-0.2, -0.15) is 0 Å². The number of anilines is 1. The first-order chi connectivity index (χ1) is 10.2. The van der Waals surface area contributed by atoms with E-state index >= 15 is 0 Å². The first-order valence-corrected chi connectivity index (χ1v) is 8.16. The lowest BCUT2D eigenvalue weighted by Gasteiger charge is -2.10. The number of nitrogens with two attached hydrogens (primary N) is 1. The predicted octanol–water partition coefficient (Wildman–Crippen LogP) is 3.03. The van der Waals surface area contributed by atoms with E-state index in [0.717, 1.165) is 0 Å². The number of nitro groups is 1. The summed E-state index contributed by atoms with van der Waals surface area (Å²) in [5, 5.41) is 10.5. The van der Waals surface area contributed by atoms with Gasteiger partial charge in [-0.3, -0.25) is 10.1 Å². The molecular formula is C15H16N2O4S. The standard InChI is InChI=1S/C15H16N2O4S/c1-10(2)22(20,21)15-7-6-12(9-14(15)17(18)19)11-4-3-5-13(16)8-11/h3-10H,16H2,1-2H3. The molecule has 22 heavy (non-hydrogen) atoms. The average molecular weight is 320 g/mol.